The number of piperidine rings is 1. The topological polar surface area (TPSA) is 65.5 Å². The quantitative estimate of drug-likeness (QED) is 0.302. The lowest BCUT2D eigenvalue weighted by Crippen LogP contribution is -2.43. The fourth-order valence-corrected chi connectivity index (χ4v) is 5.65. The van der Waals surface area contributed by atoms with Gasteiger partial charge in [0.05, 0.1) is 10.6 Å². The summed E-state index contributed by atoms with van der Waals surface area (Å²) >= 11 is 6.48. The fourth-order valence-electron chi connectivity index (χ4n) is 5.36. The summed E-state index contributed by atoms with van der Waals surface area (Å²) in [5.74, 6) is 0.365. The van der Waals surface area contributed by atoms with E-state index in [1.54, 1.807) is 0 Å². The standard InChI is InChI=1S/C30H30ClN3O2/c1-20(25-13-7-11-21-10-5-6-12-26(21)25)32-17-23-14-15-34(19-27(23)22-8-3-2-4-9-22)29-28(31)16-24(18-33-29)30(35)36/h2-13,16,18,20,23,27,32H,14-15,17,19H2,1H3,(H,35,36)/t20-,23?,27?/m1/s1. The maximum absolute atomic E-state index is 11.3. The van der Waals surface area contributed by atoms with Gasteiger partial charge in [0, 0.05) is 31.2 Å². The minimum absolute atomic E-state index is 0.102. The van der Waals surface area contributed by atoms with Gasteiger partial charge in [0.25, 0.3) is 0 Å². The molecule has 1 aliphatic rings. The molecule has 3 aromatic carbocycles. The number of aromatic nitrogens is 1. The number of carboxylic acids is 1. The molecule has 1 fully saturated rings. The van der Waals surface area contributed by atoms with Crippen LogP contribution in [0.25, 0.3) is 10.8 Å². The van der Waals surface area contributed by atoms with Crippen LogP contribution in [0.2, 0.25) is 5.02 Å². The van der Waals surface area contributed by atoms with Gasteiger partial charge in [-0.05, 0) is 53.8 Å². The van der Waals surface area contributed by atoms with E-state index in [2.05, 4.69) is 88.9 Å². The lowest BCUT2D eigenvalue weighted by Gasteiger charge is -2.40. The van der Waals surface area contributed by atoms with Gasteiger partial charge in [-0.25, -0.2) is 9.78 Å². The molecule has 1 saturated heterocycles. The van der Waals surface area contributed by atoms with E-state index in [1.807, 2.05) is 6.07 Å². The fraction of sp³-hybridized carbons (Fsp3) is 0.267. The van der Waals surface area contributed by atoms with Gasteiger partial charge in [0.1, 0.15) is 5.82 Å². The number of nitrogens with one attached hydrogen (secondary N) is 1. The van der Waals surface area contributed by atoms with Crippen molar-refractivity contribution in [1.82, 2.24) is 10.3 Å². The highest BCUT2D eigenvalue weighted by Crippen LogP contribution is 2.36. The van der Waals surface area contributed by atoms with Crippen LogP contribution >= 0.6 is 11.6 Å². The Morgan fingerprint density at radius 3 is 2.64 bits per heavy atom. The monoisotopic (exact) mass is 499 g/mol. The molecule has 36 heavy (non-hydrogen) atoms. The number of halogens is 1. The predicted octanol–water partition coefficient (Wildman–Crippen LogP) is 6.55. The van der Waals surface area contributed by atoms with Crippen molar-refractivity contribution in [2.45, 2.75) is 25.3 Å². The third-order valence-electron chi connectivity index (χ3n) is 7.33. The van der Waals surface area contributed by atoms with Crippen LogP contribution in [0.3, 0.4) is 0 Å². The number of aromatic carboxylic acids is 1. The van der Waals surface area contributed by atoms with Gasteiger partial charge in [0.2, 0.25) is 0 Å². The maximum atomic E-state index is 11.3. The van der Waals surface area contributed by atoms with E-state index in [0.717, 1.165) is 26.1 Å². The van der Waals surface area contributed by atoms with Gasteiger partial charge in [-0.2, -0.15) is 0 Å². The van der Waals surface area contributed by atoms with Crippen LogP contribution in [0.5, 0.6) is 0 Å². The summed E-state index contributed by atoms with van der Waals surface area (Å²) < 4.78 is 0. The van der Waals surface area contributed by atoms with Crippen molar-refractivity contribution in [3.63, 3.8) is 0 Å². The first-order valence-corrected chi connectivity index (χ1v) is 12.8. The number of hydrogen-bond acceptors (Lipinski definition) is 4. The highest BCUT2D eigenvalue weighted by atomic mass is 35.5. The molecule has 0 spiro atoms. The molecule has 5 nitrogen and oxygen atoms in total. The van der Waals surface area contributed by atoms with Crippen molar-refractivity contribution in [3.8, 4) is 0 Å². The molecule has 4 aromatic rings. The number of nitrogens with zero attached hydrogens (tertiary/aromatic N) is 2. The lowest BCUT2D eigenvalue weighted by molar-refractivity contribution is 0.0696. The Balaban J connectivity index is 1.35. The van der Waals surface area contributed by atoms with Crippen molar-refractivity contribution in [1.29, 1.82) is 0 Å². The van der Waals surface area contributed by atoms with Gasteiger partial charge in [-0.15, -0.1) is 0 Å². The largest absolute Gasteiger partial charge is 0.478 e. The maximum Gasteiger partial charge on any atom is 0.337 e. The second kappa shape index (κ2) is 10.7. The number of anilines is 1. The number of carboxylic acid groups (broad SMARTS) is 1. The molecule has 0 amide bonds. The molecule has 0 aliphatic carbocycles. The predicted molar refractivity (Wildman–Crippen MR) is 146 cm³/mol. The zero-order valence-electron chi connectivity index (χ0n) is 20.3. The van der Waals surface area contributed by atoms with Crippen LogP contribution < -0.4 is 10.2 Å². The zero-order chi connectivity index (χ0) is 25.1. The molecular weight excluding hydrogens is 470 g/mol. The second-order valence-corrected chi connectivity index (χ2v) is 9.95. The first kappa shape index (κ1) is 24.3. The van der Waals surface area contributed by atoms with Gasteiger partial charge < -0.3 is 15.3 Å². The Morgan fingerprint density at radius 2 is 1.86 bits per heavy atom. The molecule has 2 unspecified atom stereocenters. The highest BCUT2D eigenvalue weighted by molar-refractivity contribution is 6.33. The molecule has 6 heteroatoms. The number of hydrogen-bond donors (Lipinski definition) is 2. The first-order chi connectivity index (χ1) is 17.5. The van der Waals surface area contributed by atoms with E-state index in [0.29, 0.717) is 22.7 Å². The van der Waals surface area contributed by atoms with Gasteiger partial charge in [-0.1, -0.05) is 84.4 Å². The van der Waals surface area contributed by atoms with Crippen molar-refractivity contribution in [2.75, 3.05) is 24.5 Å². The molecule has 2 heterocycles. The number of fused-ring (bicyclic) bond motifs is 1. The summed E-state index contributed by atoms with van der Waals surface area (Å²) in [6.45, 7) is 4.73. The molecular formula is C30H30ClN3O2. The van der Waals surface area contributed by atoms with Crippen molar-refractivity contribution in [2.24, 2.45) is 5.92 Å². The summed E-state index contributed by atoms with van der Waals surface area (Å²) in [6.07, 6.45) is 2.37. The first-order valence-electron chi connectivity index (χ1n) is 12.4. The number of pyridine rings is 1. The van der Waals surface area contributed by atoms with E-state index < -0.39 is 5.97 Å². The Morgan fingerprint density at radius 1 is 1.11 bits per heavy atom. The van der Waals surface area contributed by atoms with E-state index >= 15 is 0 Å². The van der Waals surface area contributed by atoms with Gasteiger partial charge in [0.15, 0.2) is 0 Å². The SMILES string of the molecule is C[C@@H](NCC1CCN(c2ncc(C(=O)O)cc2Cl)CC1c1ccccc1)c1cccc2ccccc12. The number of benzene rings is 3. The van der Waals surface area contributed by atoms with Gasteiger partial charge in [-0.3, -0.25) is 0 Å². The molecule has 1 aliphatic heterocycles. The molecule has 0 bridgehead atoms. The average Bonchev–Trinajstić information content (AvgIpc) is 2.91. The summed E-state index contributed by atoms with van der Waals surface area (Å²) in [4.78, 5) is 17.9. The summed E-state index contributed by atoms with van der Waals surface area (Å²) in [6, 6.07) is 27.4. The zero-order valence-corrected chi connectivity index (χ0v) is 21.0. The third-order valence-corrected chi connectivity index (χ3v) is 7.61. The second-order valence-electron chi connectivity index (χ2n) is 9.54. The molecule has 2 N–H and O–H groups in total. The molecule has 0 saturated carbocycles. The van der Waals surface area contributed by atoms with Crippen LogP contribution in [-0.4, -0.2) is 35.7 Å². The summed E-state index contributed by atoms with van der Waals surface area (Å²) in [5, 5.41) is 16.0. The molecule has 3 atom stereocenters. The average molecular weight is 500 g/mol. The molecule has 1 aromatic heterocycles. The smallest absolute Gasteiger partial charge is 0.337 e. The number of rotatable bonds is 7. The summed E-state index contributed by atoms with van der Waals surface area (Å²) in [5.41, 5.74) is 2.71. The lowest BCUT2D eigenvalue weighted by atomic mass is 9.80. The van der Waals surface area contributed by atoms with Crippen molar-refractivity contribution < 1.29 is 9.90 Å². The highest BCUT2D eigenvalue weighted by Gasteiger charge is 2.32. The van der Waals surface area contributed by atoms with Crippen LogP contribution in [0.4, 0.5) is 5.82 Å². The van der Waals surface area contributed by atoms with E-state index in [1.165, 1.54) is 34.2 Å². The molecule has 184 valence electrons. The Labute approximate surface area is 216 Å². The summed E-state index contributed by atoms with van der Waals surface area (Å²) in [7, 11) is 0. The van der Waals surface area contributed by atoms with Crippen molar-refractivity contribution >= 4 is 34.2 Å². The Hall–Kier alpha value is -3.41. The van der Waals surface area contributed by atoms with E-state index in [9.17, 15) is 9.90 Å². The van der Waals surface area contributed by atoms with Crippen LogP contribution in [0.1, 0.15) is 46.8 Å². The molecule has 0 radical (unpaired) electrons. The third kappa shape index (κ3) is 5.08. The Kier molecular flexibility index (Phi) is 7.21. The van der Waals surface area contributed by atoms with Crippen LogP contribution in [0, 0.1) is 5.92 Å². The Bertz CT molecular complexity index is 1360. The van der Waals surface area contributed by atoms with Crippen LogP contribution in [0.15, 0.2) is 85.1 Å². The van der Waals surface area contributed by atoms with Crippen LogP contribution in [-0.2, 0) is 0 Å². The minimum Gasteiger partial charge on any atom is -0.478 e. The normalized spacial score (nSPS) is 18.8. The number of carbonyl (C=O) groups is 1. The molecule has 5 rings (SSSR count). The minimum atomic E-state index is -1.02. The van der Waals surface area contributed by atoms with Gasteiger partial charge >= 0.3 is 5.97 Å². The van der Waals surface area contributed by atoms with E-state index in [4.69, 9.17) is 11.6 Å². The van der Waals surface area contributed by atoms with E-state index in [-0.39, 0.29) is 11.6 Å². The van der Waals surface area contributed by atoms with Crippen molar-refractivity contribution in [3.05, 3.63) is 107 Å².